The van der Waals surface area contributed by atoms with Crippen LogP contribution in [-0.2, 0) is 17.8 Å². The predicted octanol–water partition coefficient (Wildman–Crippen LogP) is 2.49. The fourth-order valence-electron chi connectivity index (χ4n) is 1.91. The zero-order valence-corrected chi connectivity index (χ0v) is 12.9. The molecule has 1 heterocycles. The van der Waals surface area contributed by atoms with Crippen LogP contribution in [0.2, 0.25) is 0 Å². The molecule has 1 N–H and O–H groups in total. The summed E-state index contributed by atoms with van der Waals surface area (Å²) in [4.78, 5) is 2.24. The van der Waals surface area contributed by atoms with Crippen LogP contribution in [0.5, 0.6) is 0 Å². The fraction of sp³-hybridized carbons (Fsp3) is 0.733. The molecule has 0 amide bonds. The standard InChI is InChI=1S/C15H28N2O2/c1-12(2)8-16-9-14-6-7-19-15(14)10-17(4)13(3)11-18-5/h6-7,12-13,16H,8-11H2,1-5H3. The van der Waals surface area contributed by atoms with Crippen LogP contribution in [-0.4, -0.2) is 38.3 Å². The first-order valence-electron chi connectivity index (χ1n) is 6.99. The van der Waals surface area contributed by atoms with Crippen LogP contribution in [0.4, 0.5) is 0 Å². The van der Waals surface area contributed by atoms with Gasteiger partial charge in [-0.1, -0.05) is 13.8 Å². The van der Waals surface area contributed by atoms with Crippen molar-refractivity contribution in [3.63, 3.8) is 0 Å². The Morgan fingerprint density at radius 1 is 1.37 bits per heavy atom. The molecule has 0 aliphatic rings. The lowest BCUT2D eigenvalue weighted by atomic mass is 10.2. The smallest absolute Gasteiger partial charge is 0.122 e. The van der Waals surface area contributed by atoms with Crippen molar-refractivity contribution in [2.24, 2.45) is 5.92 Å². The molecular weight excluding hydrogens is 240 g/mol. The molecule has 0 saturated heterocycles. The second kappa shape index (κ2) is 8.35. The molecule has 4 heteroatoms. The number of ether oxygens (including phenoxy) is 1. The molecule has 0 saturated carbocycles. The predicted molar refractivity (Wildman–Crippen MR) is 78.1 cm³/mol. The van der Waals surface area contributed by atoms with E-state index in [0.717, 1.165) is 32.0 Å². The molecule has 4 nitrogen and oxygen atoms in total. The summed E-state index contributed by atoms with van der Waals surface area (Å²) in [5.41, 5.74) is 1.25. The minimum Gasteiger partial charge on any atom is -0.468 e. The van der Waals surface area contributed by atoms with E-state index in [0.29, 0.717) is 12.0 Å². The molecule has 0 spiro atoms. The third kappa shape index (κ3) is 5.76. The molecule has 0 aliphatic heterocycles. The molecule has 1 unspecified atom stereocenters. The molecule has 1 rings (SSSR count). The van der Waals surface area contributed by atoms with Gasteiger partial charge >= 0.3 is 0 Å². The maximum absolute atomic E-state index is 5.60. The third-order valence-corrected chi connectivity index (χ3v) is 3.26. The van der Waals surface area contributed by atoms with Crippen LogP contribution in [0.1, 0.15) is 32.1 Å². The van der Waals surface area contributed by atoms with Gasteiger partial charge in [0.15, 0.2) is 0 Å². The highest BCUT2D eigenvalue weighted by molar-refractivity contribution is 5.16. The first kappa shape index (κ1) is 16.2. The maximum atomic E-state index is 5.60. The lowest BCUT2D eigenvalue weighted by molar-refractivity contribution is 0.107. The van der Waals surface area contributed by atoms with E-state index in [1.54, 1.807) is 13.4 Å². The van der Waals surface area contributed by atoms with Gasteiger partial charge in [-0.2, -0.15) is 0 Å². The normalized spacial score (nSPS) is 13.4. The number of methoxy groups -OCH3 is 1. The Morgan fingerprint density at radius 3 is 2.74 bits per heavy atom. The average molecular weight is 268 g/mol. The zero-order valence-electron chi connectivity index (χ0n) is 12.9. The fourth-order valence-corrected chi connectivity index (χ4v) is 1.91. The summed E-state index contributed by atoms with van der Waals surface area (Å²) in [7, 11) is 3.83. The topological polar surface area (TPSA) is 37.6 Å². The molecule has 110 valence electrons. The first-order chi connectivity index (χ1) is 9.04. The van der Waals surface area contributed by atoms with E-state index in [2.05, 4.69) is 44.1 Å². The van der Waals surface area contributed by atoms with Gasteiger partial charge in [0.05, 0.1) is 19.4 Å². The lowest BCUT2D eigenvalue weighted by Crippen LogP contribution is -2.32. The molecule has 0 radical (unpaired) electrons. The molecule has 1 atom stereocenters. The van der Waals surface area contributed by atoms with Crippen molar-refractivity contribution in [2.75, 3.05) is 27.3 Å². The number of nitrogens with zero attached hydrogens (tertiary/aromatic N) is 1. The number of hydrogen-bond acceptors (Lipinski definition) is 4. The number of likely N-dealkylation sites (N-methyl/N-ethyl adjacent to an activating group) is 1. The van der Waals surface area contributed by atoms with Gasteiger partial charge in [-0.15, -0.1) is 0 Å². The van der Waals surface area contributed by atoms with E-state index in [4.69, 9.17) is 9.15 Å². The lowest BCUT2D eigenvalue weighted by Gasteiger charge is -2.23. The third-order valence-electron chi connectivity index (χ3n) is 3.26. The zero-order chi connectivity index (χ0) is 14.3. The Hall–Kier alpha value is -0.840. The summed E-state index contributed by atoms with van der Waals surface area (Å²) in [5, 5.41) is 3.45. The quantitative estimate of drug-likeness (QED) is 0.746. The summed E-state index contributed by atoms with van der Waals surface area (Å²) >= 11 is 0. The van der Waals surface area contributed by atoms with Gasteiger partial charge in [0.2, 0.25) is 0 Å². The van der Waals surface area contributed by atoms with Gasteiger partial charge in [0.25, 0.3) is 0 Å². The molecule has 1 aromatic rings. The Morgan fingerprint density at radius 2 is 2.11 bits per heavy atom. The second-order valence-corrected chi connectivity index (χ2v) is 5.61. The highest BCUT2D eigenvalue weighted by Gasteiger charge is 2.13. The van der Waals surface area contributed by atoms with E-state index >= 15 is 0 Å². The van der Waals surface area contributed by atoms with Gasteiger partial charge < -0.3 is 14.5 Å². The van der Waals surface area contributed by atoms with E-state index < -0.39 is 0 Å². The van der Waals surface area contributed by atoms with Crippen molar-refractivity contribution < 1.29 is 9.15 Å². The van der Waals surface area contributed by atoms with Gasteiger partial charge in [-0.25, -0.2) is 0 Å². The van der Waals surface area contributed by atoms with Crippen molar-refractivity contribution >= 4 is 0 Å². The number of rotatable bonds is 9. The molecule has 0 aliphatic carbocycles. The van der Waals surface area contributed by atoms with Crippen molar-refractivity contribution in [2.45, 2.75) is 39.9 Å². The average Bonchev–Trinajstić information content (AvgIpc) is 2.76. The van der Waals surface area contributed by atoms with E-state index in [1.807, 2.05) is 0 Å². The molecule has 0 fully saturated rings. The molecule has 0 bridgehead atoms. The summed E-state index contributed by atoms with van der Waals surface area (Å²) in [6.07, 6.45) is 1.77. The highest BCUT2D eigenvalue weighted by Crippen LogP contribution is 2.14. The van der Waals surface area contributed by atoms with Gasteiger partial charge in [-0.05, 0) is 32.5 Å². The van der Waals surface area contributed by atoms with Crippen molar-refractivity contribution in [3.05, 3.63) is 23.7 Å². The van der Waals surface area contributed by atoms with E-state index in [1.165, 1.54) is 5.56 Å². The highest BCUT2D eigenvalue weighted by atomic mass is 16.5. The maximum Gasteiger partial charge on any atom is 0.122 e. The number of furan rings is 1. The summed E-state index contributed by atoms with van der Waals surface area (Å²) in [6.45, 7) is 10.0. The van der Waals surface area contributed by atoms with Gasteiger partial charge in [0.1, 0.15) is 5.76 Å². The van der Waals surface area contributed by atoms with Gasteiger partial charge in [-0.3, -0.25) is 4.90 Å². The van der Waals surface area contributed by atoms with Crippen LogP contribution >= 0.6 is 0 Å². The first-order valence-corrected chi connectivity index (χ1v) is 6.99. The molecular formula is C15H28N2O2. The molecule has 0 aromatic carbocycles. The minimum absolute atomic E-state index is 0.381. The van der Waals surface area contributed by atoms with Crippen LogP contribution in [0.3, 0.4) is 0 Å². The molecule has 19 heavy (non-hydrogen) atoms. The SMILES string of the molecule is COCC(C)N(C)Cc1occc1CNCC(C)C. The van der Waals surface area contributed by atoms with Crippen molar-refractivity contribution in [1.29, 1.82) is 0 Å². The minimum atomic E-state index is 0.381. The number of nitrogens with one attached hydrogen (secondary N) is 1. The van der Waals surface area contributed by atoms with Crippen LogP contribution < -0.4 is 5.32 Å². The van der Waals surface area contributed by atoms with E-state index in [-0.39, 0.29) is 0 Å². The number of hydrogen-bond donors (Lipinski definition) is 1. The van der Waals surface area contributed by atoms with Crippen molar-refractivity contribution in [3.8, 4) is 0 Å². The van der Waals surface area contributed by atoms with Crippen LogP contribution in [0.25, 0.3) is 0 Å². The Bertz CT molecular complexity index is 350. The molecule has 1 aromatic heterocycles. The summed E-state index contributed by atoms with van der Waals surface area (Å²) < 4.78 is 10.8. The second-order valence-electron chi connectivity index (χ2n) is 5.61. The Kier molecular flexibility index (Phi) is 7.13. The monoisotopic (exact) mass is 268 g/mol. The van der Waals surface area contributed by atoms with Crippen LogP contribution in [0, 0.1) is 5.92 Å². The summed E-state index contributed by atoms with van der Waals surface area (Å²) in [5.74, 6) is 1.71. The van der Waals surface area contributed by atoms with E-state index in [9.17, 15) is 0 Å². The van der Waals surface area contributed by atoms with Crippen LogP contribution in [0.15, 0.2) is 16.7 Å². The largest absolute Gasteiger partial charge is 0.468 e. The van der Waals surface area contributed by atoms with Gasteiger partial charge in [0, 0.05) is 25.3 Å². The summed E-state index contributed by atoms with van der Waals surface area (Å²) in [6, 6.07) is 2.43. The Balaban J connectivity index is 2.47. The van der Waals surface area contributed by atoms with Crippen molar-refractivity contribution in [1.82, 2.24) is 10.2 Å². The Labute approximate surface area is 117 Å².